The van der Waals surface area contributed by atoms with Crippen LogP contribution in [0.3, 0.4) is 0 Å². The summed E-state index contributed by atoms with van der Waals surface area (Å²) in [4.78, 5) is 4.38. The summed E-state index contributed by atoms with van der Waals surface area (Å²) in [6.45, 7) is 0. The summed E-state index contributed by atoms with van der Waals surface area (Å²) in [5, 5.41) is 1.10. The quantitative estimate of drug-likeness (QED) is 0.696. The predicted molar refractivity (Wildman–Crippen MR) is 83.7 cm³/mol. The Balaban J connectivity index is 2.05. The van der Waals surface area contributed by atoms with E-state index in [-0.39, 0.29) is 0 Å². The highest BCUT2D eigenvalue weighted by atomic mass is 16.5. The maximum Gasteiger partial charge on any atom is 0.119 e. The number of ether oxygens (including phenoxy) is 1. The molecular formula is C18H15NO. The second kappa shape index (κ2) is 5.57. The van der Waals surface area contributed by atoms with Crippen LogP contribution in [0.25, 0.3) is 23.1 Å². The van der Waals surface area contributed by atoms with Gasteiger partial charge in [0.25, 0.3) is 0 Å². The van der Waals surface area contributed by atoms with Crippen molar-refractivity contribution in [3.63, 3.8) is 0 Å². The van der Waals surface area contributed by atoms with Crippen molar-refractivity contribution in [1.82, 2.24) is 4.98 Å². The van der Waals surface area contributed by atoms with E-state index >= 15 is 0 Å². The summed E-state index contributed by atoms with van der Waals surface area (Å²) in [5.74, 6) is 0.847. The van der Waals surface area contributed by atoms with Gasteiger partial charge in [-0.05, 0) is 35.4 Å². The number of aromatic nitrogens is 1. The van der Waals surface area contributed by atoms with Gasteiger partial charge in [0, 0.05) is 11.6 Å². The zero-order chi connectivity index (χ0) is 13.8. The highest BCUT2D eigenvalue weighted by molar-refractivity contribution is 5.91. The molecule has 0 radical (unpaired) electrons. The average Bonchev–Trinajstić information content (AvgIpc) is 2.53. The van der Waals surface area contributed by atoms with Crippen molar-refractivity contribution >= 4 is 23.1 Å². The molecule has 0 N–H and O–H groups in total. The molecule has 0 atom stereocenters. The van der Waals surface area contributed by atoms with E-state index in [1.54, 1.807) is 7.11 Å². The summed E-state index contributed by atoms with van der Waals surface area (Å²) >= 11 is 0. The van der Waals surface area contributed by atoms with Crippen molar-refractivity contribution in [1.29, 1.82) is 0 Å². The zero-order valence-electron chi connectivity index (χ0n) is 11.3. The van der Waals surface area contributed by atoms with E-state index < -0.39 is 0 Å². The van der Waals surface area contributed by atoms with Crippen molar-refractivity contribution in [2.24, 2.45) is 0 Å². The van der Waals surface area contributed by atoms with E-state index in [4.69, 9.17) is 4.74 Å². The molecule has 0 aliphatic rings. The Morgan fingerprint density at radius 2 is 1.80 bits per heavy atom. The molecule has 0 saturated carbocycles. The number of methoxy groups -OCH3 is 1. The fourth-order valence-corrected chi connectivity index (χ4v) is 2.17. The molecule has 0 unspecified atom stereocenters. The lowest BCUT2D eigenvalue weighted by Gasteiger charge is -2.04. The second-order valence-corrected chi connectivity index (χ2v) is 4.53. The summed E-state index contributed by atoms with van der Waals surface area (Å²) in [5.41, 5.74) is 3.29. The lowest BCUT2D eigenvalue weighted by atomic mass is 10.1. The van der Waals surface area contributed by atoms with Crippen LogP contribution in [0.5, 0.6) is 5.75 Å². The first-order valence-corrected chi connectivity index (χ1v) is 6.53. The van der Waals surface area contributed by atoms with Crippen LogP contribution in [0.1, 0.15) is 11.1 Å². The van der Waals surface area contributed by atoms with Crippen molar-refractivity contribution in [2.75, 3.05) is 7.11 Å². The summed E-state index contributed by atoms with van der Waals surface area (Å²) in [6.07, 6.45) is 6.05. The van der Waals surface area contributed by atoms with E-state index in [9.17, 15) is 0 Å². The molecule has 2 nitrogen and oxygen atoms in total. The first-order valence-electron chi connectivity index (χ1n) is 6.53. The molecule has 2 heteroatoms. The normalized spacial score (nSPS) is 11.1. The fraction of sp³-hybridized carbons (Fsp3) is 0.0556. The average molecular weight is 261 g/mol. The first-order chi connectivity index (χ1) is 9.86. The Morgan fingerprint density at radius 1 is 0.950 bits per heavy atom. The lowest BCUT2D eigenvalue weighted by Crippen LogP contribution is -1.86. The van der Waals surface area contributed by atoms with Gasteiger partial charge in [0.2, 0.25) is 0 Å². The molecule has 0 bridgehead atoms. The number of hydrogen-bond donors (Lipinski definition) is 0. The lowest BCUT2D eigenvalue weighted by molar-refractivity contribution is 0.415. The van der Waals surface area contributed by atoms with Gasteiger partial charge < -0.3 is 4.74 Å². The molecule has 98 valence electrons. The second-order valence-electron chi connectivity index (χ2n) is 4.53. The molecule has 20 heavy (non-hydrogen) atoms. The number of hydrogen-bond acceptors (Lipinski definition) is 2. The third kappa shape index (κ3) is 2.54. The van der Waals surface area contributed by atoms with Gasteiger partial charge in [0.05, 0.1) is 12.6 Å². The van der Waals surface area contributed by atoms with E-state index in [1.807, 2.05) is 48.7 Å². The minimum absolute atomic E-state index is 0.847. The molecule has 0 fully saturated rings. The topological polar surface area (TPSA) is 22.1 Å². The van der Waals surface area contributed by atoms with Crippen molar-refractivity contribution < 1.29 is 4.74 Å². The van der Waals surface area contributed by atoms with E-state index in [0.29, 0.717) is 0 Å². The largest absolute Gasteiger partial charge is 0.497 e. The van der Waals surface area contributed by atoms with Gasteiger partial charge in [-0.25, -0.2) is 0 Å². The molecule has 0 saturated heterocycles. The summed E-state index contributed by atoms with van der Waals surface area (Å²) in [7, 11) is 1.68. The van der Waals surface area contributed by atoms with Crippen LogP contribution in [0.4, 0.5) is 0 Å². The Morgan fingerprint density at radius 3 is 2.60 bits per heavy atom. The standard InChI is InChI=1S/C18H15NO/c1-20-16-9-10-18-17(13-16)15(11-12-19-18)8-7-14-5-3-2-4-6-14/h2-13H,1H3. The van der Waals surface area contributed by atoms with Gasteiger partial charge in [0.1, 0.15) is 5.75 Å². The molecule has 0 aliphatic carbocycles. The van der Waals surface area contributed by atoms with Gasteiger partial charge >= 0.3 is 0 Å². The molecular weight excluding hydrogens is 246 g/mol. The van der Waals surface area contributed by atoms with Gasteiger partial charge in [-0.3, -0.25) is 4.98 Å². The van der Waals surface area contributed by atoms with Crippen LogP contribution >= 0.6 is 0 Å². The number of rotatable bonds is 3. The minimum atomic E-state index is 0.847. The summed E-state index contributed by atoms with van der Waals surface area (Å²) in [6, 6.07) is 18.2. The highest BCUT2D eigenvalue weighted by Gasteiger charge is 2.01. The van der Waals surface area contributed by atoms with Gasteiger partial charge in [0.15, 0.2) is 0 Å². The van der Waals surface area contributed by atoms with Crippen LogP contribution in [-0.2, 0) is 0 Å². The predicted octanol–water partition coefficient (Wildman–Crippen LogP) is 4.41. The van der Waals surface area contributed by atoms with Gasteiger partial charge in [-0.1, -0.05) is 42.5 Å². The molecule has 0 aliphatic heterocycles. The first kappa shape index (κ1) is 12.4. The highest BCUT2D eigenvalue weighted by Crippen LogP contribution is 2.23. The van der Waals surface area contributed by atoms with E-state index in [2.05, 4.69) is 29.3 Å². The maximum atomic E-state index is 5.29. The molecule has 2 aromatic carbocycles. The van der Waals surface area contributed by atoms with Crippen LogP contribution in [0.15, 0.2) is 60.8 Å². The molecule has 0 spiro atoms. The monoisotopic (exact) mass is 261 g/mol. The smallest absolute Gasteiger partial charge is 0.119 e. The van der Waals surface area contributed by atoms with Crippen molar-refractivity contribution in [2.45, 2.75) is 0 Å². The molecule has 3 rings (SSSR count). The molecule has 3 aromatic rings. The van der Waals surface area contributed by atoms with E-state index in [1.165, 1.54) is 5.56 Å². The molecule has 1 heterocycles. The maximum absolute atomic E-state index is 5.29. The Kier molecular flexibility index (Phi) is 3.46. The molecule has 1 aromatic heterocycles. The Bertz CT molecular complexity index is 748. The summed E-state index contributed by atoms with van der Waals surface area (Å²) < 4.78 is 5.29. The minimum Gasteiger partial charge on any atom is -0.497 e. The third-order valence-corrected chi connectivity index (χ3v) is 3.24. The molecule has 0 amide bonds. The third-order valence-electron chi connectivity index (χ3n) is 3.24. The Labute approximate surface area is 118 Å². The number of benzene rings is 2. The van der Waals surface area contributed by atoms with Gasteiger partial charge in [-0.2, -0.15) is 0 Å². The zero-order valence-corrected chi connectivity index (χ0v) is 11.3. The van der Waals surface area contributed by atoms with E-state index in [0.717, 1.165) is 22.2 Å². The van der Waals surface area contributed by atoms with Crippen LogP contribution in [-0.4, -0.2) is 12.1 Å². The number of pyridine rings is 1. The van der Waals surface area contributed by atoms with Crippen LogP contribution in [0.2, 0.25) is 0 Å². The van der Waals surface area contributed by atoms with Crippen LogP contribution < -0.4 is 4.74 Å². The fourth-order valence-electron chi connectivity index (χ4n) is 2.17. The number of fused-ring (bicyclic) bond motifs is 1. The SMILES string of the molecule is COc1ccc2nccc(C=Cc3ccccc3)c2c1. The van der Waals surface area contributed by atoms with Crippen molar-refractivity contribution in [3.05, 3.63) is 71.9 Å². The van der Waals surface area contributed by atoms with Gasteiger partial charge in [-0.15, -0.1) is 0 Å². The Hall–Kier alpha value is -2.61. The number of nitrogens with zero attached hydrogens (tertiary/aromatic N) is 1. The van der Waals surface area contributed by atoms with Crippen LogP contribution in [0, 0.1) is 0 Å². The van der Waals surface area contributed by atoms with Crippen molar-refractivity contribution in [3.8, 4) is 5.75 Å².